The number of rotatable bonds is 4. The maximum atomic E-state index is 14.2. The standard InChI is InChI=1S/C24H16Cl3F3N2O2/c1-13-6-7-14(8-20(13)31-22(33)18-4-2-3-5-19(18)27)21-12-23(34-32-21,24(28,29)30)15-9-16(25)11-17(26)10-15/h2-12,32H,1H3,(H,31,33). The second-order valence-electron chi connectivity index (χ2n) is 7.62. The van der Waals surface area contributed by atoms with Gasteiger partial charge in [0.1, 0.15) is 0 Å². The van der Waals surface area contributed by atoms with E-state index in [0.29, 0.717) is 16.8 Å². The maximum absolute atomic E-state index is 14.2. The lowest BCUT2D eigenvalue weighted by Crippen LogP contribution is -2.42. The molecule has 10 heteroatoms. The van der Waals surface area contributed by atoms with E-state index in [9.17, 15) is 18.0 Å². The zero-order valence-corrected chi connectivity index (χ0v) is 19.7. The Bertz CT molecular complexity index is 1290. The second kappa shape index (κ2) is 9.15. The molecule has 0 spiro atoms. The summed E-state index contributed by atoms with van der Waals surface area (Å²) in [5.41, 5.74) is 1.06. The molecule has 1 heterocycles. The molecule has 1 amide bonds. The second-order valence-corrected chi connectivity index (χ2v) is 8.90. The van der Waals surface area contributed by atoms with Crippen LogP contribution in [-0.4, -0.2) is 12.1 Å². The Labute approximate surface area is 208 Å². The van der Waals surface area contributed by atoms with Crippen molar-refractivity contribution < 1.29 is 22.8 Å². The van der Waals surface area contributed by atoms with Crippen LogP contribution in [0.3, 0.4) is 0 Å². The number of hydroxylamine groups is 1. The minimum atomic E-state index is -4.83. The number of amides is 1. The summed E-state index contributed by atoms with van der Waals surface area (Å²) in [5.74, 6) is -0.450. The number of benzene rings is 3. The average molecular weight is 528 g/mol. The Hall–Kier alpha value is -2.71. The van der Waals surface area contributed by atoms with E-state index in [4.69, 9.17) is 39.6 Å². The summed E-state index contributed by atoms with van der Waals surface area (Å²) >= 11 is 18.0. The van der Waals surface area contributed by atoms with E-state index in [2.05, 4.69) is 10.8 Å². The number of alkyl halides is 3. The number of hydrogen-bond acceptors (Lipinski definition) is 3. The van der Waals surface area contributed by atoms with Crippen LogP contribution in [-0.2, 0) is 10.4 Å². The molecule has 4 rings (SSSR count). The quantitative estimate of drug-likeness (QED) is 0.368. The molecule has 0 saturated heterocycles. The first-order valence-electron chi connectivity index (χ1n) is 9.87. The molecule has 0 radical (unpaired) electrons. The lowest BCUT2D eigenvalue weighted by atomic mass is 9.91. The Morgan fingerprint density at radius 3 is 2.32 bits per heavy atom. The minimum absolute atomic E-state index is 0.0384. The number of anilines is 1. The highest BCUT2D eigenvalue weighted by Gasteiger charge is 2.59. The molecule has 3 aromatic carbocycles. The third-order valence-electron chi connectivity index (χ3n) is 5.30. The third kappa shape index (κ3) is 4.61. The van der Waals surface area contributed by atoms with Crippen LogP contribution in [0.1, 0.15) is 27.0 Å². The fourth-order valence-corrected chi connectivity index (χ4v) is 4.26. The summed E-state index contributed by atoms with van der Waals surface area (Å²) < 4.78 is 42.7. The SMILES string of the molecule is Cc1ccc(C2=CC(c3cc(Cl)cc(Cl)c3)(C(F)(F)F)ON2)cc1NC(=O)c1ccccc1Cl. The van der Waals surface area contributed by atoms with Crippen LogP contribution in [0.15, 0.2) is 66.7 Å². The summed E-state index contributed by atoms with van der Waals surface area (Å²) in [5, 5.41) is 3.10. The predicted molar refractivity (Wildman–Crippen MR) is 127 cm³/mol. The number of halogens is 6. The van der Waals surface area contributed by atoms with Gasteiger partial charge in [-0.15, -0.1) is 0 Å². The lowest BCUT2D eigenvalue weighted by molar-refractivity contribution is -0.269. The highest BCUT2D eigenvalue weighted by molar-refractivity contribution is 6.35. The van der Waals surface area contributed by atoms with Crippen molar-refractivity contribution in [3.05, 3.63) is 104 Å². The molecule has 1 aliphatic rings. The highest BCUT2D eigenvalue weighted by atomic mass is 35.5. The highest BCUT2D eigenvalue weighted by Crippen LogP contribution is 2.48. The van der Waals surface area contributed by atoms with Gasteiger partial charge in [0.25, 0.3) is 5.91 Å². The van der Waals surface area contributed by atoms with Gasteiger partial charge in [-0.25, -0.2) is 0 Å². The largest absolute Gasteiger partial charge is 0.428 e. The van der Waals surface area contributed by atoms with E-state index in [1.54, 1.807) is 49.4 Å². The van der Waals surface area contributed by atoms with Crippen LogP contribution in [0.4, 0.5) is 18.9 Å². The molecule has 0 bridgehead atoms. The van der Waals surface area contributed by atoms with Crippen LogP contribution < -0.4 is 10.8 Å². The maximum Gasteiger partial charge on any atom is 0.428 e. The van der Waals surface area contributed by atoms with Gasteiger partial charge in [-0.2, -0.15) is 13.2 Å². The van der Waals surface area contributed by atoms with Crippen molar-refractivity contribution in [1.82, 2.24) is 5.48 Å². The normalized spacial score (nSPS) is 17.8. The fourth-order valence-electron chi connectivity index (χ4n) is 3.51. The Morgan fingerprint density at radius 2 is 1.68 bits per heavy atom. The van der Waals surface area contributed by atoms with Gasteiger partial charge in [-0.05, 0) is 55.0 Å². The van der Waals surface area contributed by atoms with E-state index < -0.39 is 17.7 Å². The molecular weight excluding hydrogens is 512 g/mol. The number of aryl methyl sites for hydroxylation is 1. The number of nitrogens with one attached hydrogen (secondary N) is 2. The molecule has 1 atom stereocenters. The molecule has 4 nitrogen and oxygen atoms in total. The van der Waals surface area contributed by atoms with Gasteiger partial charge in [0.15, 0.2) is 0 Å². The number of hydrogen-bond donors (Lipinski definition) is 2. The molecule has 1 aliphatic heterocycles. The van der Waals surface area contributed by atoms with Crippen LogP contribution in [0.2, 0.25) is 15.1 Å². The molecule has 1 unspecified atom stereocenters. The number of carbonyl (C=O) groups is 1. The van der Waals surface area contributed by atoms with Gasteiger partial charge >= 0.3 is 6.18 Å². The van der Waals surface area contributed by atoms with Gasteiger partial charge in [0.2, 0.25) is 5.60 Å². The zero-order chi connectivity index (χ0) is 24.7. The van der Waals surface area contributed by atoms with E-state index >= 15 is 0 Å². The summed E-state index contributed by atoms with van der Waals surface area (Å²) in [6, 6.07) is 15.0. The lowest BCUT2D eigenvalue weighted by Gasteiger charge is -2.28. The smallest absolute Gasteiger partial charge is 0.322 e. The Balaban J connectivity index is 1.72. The molecular formula is C24H16Cl3F3N2O2. The fraction of sp³-hybridized carbons (Fsp3) is 0.125. The van der Waals surface area contributed by atoms with Crippen molar-refractivity contribution in [2.24, 2.45) is 0 Å². The molecule has 3 aromatic rings. The summed E-state index contributed by atoms with van der Waals surface area (Å²) in [4.78, 5) is 17.8. The monoisotopic (exact) mass is 526 g/mol. The molecule has 176 valence electrons. The van der Waals surface area contributed by atoms with Gasteiger partial charge in [-0.3, -0.25) is 15.1 Å². The van der Waals surface area contributed by atoms with Crippen molar-refractivity contribution in [1.29, 1.82) is 0 Å². The molecule has 0 aliphatic carbocycles. The van der Waals surface area contributed by atoms with Crippen molar-refractivity contribution in [3.8, 4) is 0 Å². The van der Waals surface area contributed by atoms with E-state index in [1.807, 2.05) is 0 Å². The first kappa shape index (κ1) is 24.4. The van der Waals surface area contributed by atoms with Gasteiger partial charge in [0, 0.05) is 26.9 Å². The van der Waals surface area contributed by atoms with Crippen molar-refractivity contribution in [3.63, 3.8) is 0 Å². The first-order chi connectivity index (χ1) is 16.0. The predicted octanol–water partition coefficient (Wildman–Crippen LogP) is 7.54. The molecule has 0 aromatic heterocycles. The molecule has 34 heavy (non-hydrogen) atoms. The molecule has 0 saturated carbocycles. The van der Waals surface area contributed by atoms with Crippen LogP contribution >= 0.6 is 34.8 Å². The topological polar surface area (TPSA) is 50.4 Å². The van der Waals surface area contributed by atoms with E-state index in [1.165, 1.54) is 6.07 Å². The average Bonchev–Trinajstić information content (AvgIpc) is 3.22. The van der Waals surface area contributed by atoms with Crippen LogP contribution in [0.5, 0.6) is 0 Å². The van der Waals surface area contributed by atoms with Crippen molar-refractivity contribution in [2.75, 3.05) is 5.32 Å². The molecule has 0 fully saturated rings. The van der Waals surface area contributed by atoms with Crippen LogP contribution in [0, 0.1) is 6.92 Å². The van der Waals surface area contributed by atoms with Crippen LogP contribution in [0.25, 0.3) is 5.70 Å². The summed E-state index contributed by atoms with van der Waals surface area (Å²) in [6.45, 7) is 1.76. The zero-order valence-electron chi connectivity index (χ0n) is 17.4. The first-order valence-corrected chi connectivity index (χ1v) is 11.0. The van der Waals surface area contributed by atoms with E-state index in [0.717, 1.165) is 18.2 Å². The summed E-state index contributed by atoms with van der Waals surface area (Å²) in [7, 11) is 0. The summed E-state index contributed by atoms with van der Waals surface area (Å²) in [6.07, 6.45) is -3.92. The van der Waals surface area contributed by atoms with Crippen molar-refractivity contribution in [2.45, 2.75) is 18.7 Å². The van der Waals surface area contributed by atoms with E-state index in [-0.39, 0.29) is 31.9 Å². The van der Waals surface area contributed by atoms with Crippen molar-refractivity contribution >= 4 is 52.1 Å². The number of carbonyl (C=O) groups excluding carboxylic acids is 1. The van der Waals surface area contributed by atoms with Gasteiger partial charge in [0.05, 0.1) is 16.3 Å². The third-order valence-corrected chi connectivity index (χ3v) is 6.06. The Kier molecular flexibility index (Phi) is 6.57. The molecule has 2 N–H and O–H groups in total. The minimum Gasteiger partial charge on any atom is -0.322 e. The van der Waals surface area contributed by atoms with Gasteiger partial charge < -0.3 is 5.32 Å². The Morgan fingerprint density at radius 1 is 1.00 bits per heavy atom. The van der Waals surface area contributed by atoms with Gasteiger partial charge in [-0.1, -0.05) is 59.1 Å².